The predicted octanol–water partition coefficient (Wildman–Crippen LogP) is 6.98. The average Bonchev–Trinajstić information content (AvgIpc) is 2.72. The molecule has 0 bridgehead atoms. The molecule has 0 heterocycles. The van der Waals surface area contributed by atoms with Gasteiger partial charge in [0.05, 0.1) is 0 Å². The molecule has 1 nitrogen and oxygen atoms in total. The van der Waals surface area contributed by atoms with E-state index in [1.165, 1.54) is 38.9 Å². The van der Waals surface area contributed by atoms with E-state index in [9.17, 15) is 0 Å². The molecule has 0 saturated carbocycles. The highest BCUT2D eigenvalue weighted by Crippen LogP contribution is 2.31. The minimum atomic E-state index is 0.226. The molecule has 1 unspecified atom stereocenters. The van der Waals surface area contributed by atoms with Crippen LogP contribution in [0.1, 0.15) is 30.5 Å². The van der Waals surface area contributed by atoms with E-state index in [1.54, 1.807) is 0 Å². The summed E-state index contributed by atoms with van der Waals surface area (Å²) in [5.41, 5.74) is 9.04. The first-order chi connectivity index (χ1) is 12.7. The van der Waals surface area contributed by atoms with Crippen LogP contribution in [0.4, 0.5) is 0 Å². The summed E-state index contributed by atoms with van der Waals surface area (Å²) in [5, 5.41) is 3.26. The van der Waals surface area contributed by atoms with Gasteiger partial charge in [-0.25, -0.2) is 0 Å². The van der Waals surface area contributed by atoms with Crippen LogP contribution in [0, 0.1) is 0 Å². The summed E-state index contributed by atoms with van der Waals surface area (Å²) < 4.78 is 0. The first-order valence-corrected chi connectivity index (χ1v) is 11.2. The molecule has 0 aromatic heterocycles. The third-order valence-corrected chi connectivity index (χ3v) is 5.54. The van der Waals surface area contributed by atoms with Crippen LogP contribution in [0.2, 0.25) is 0 Å². The fourth-order valence-electron chi connectivity index (χ4n) is 3.16. The fourth-order valence-corrected chi connectivity index (χ4v) is 3.62. The first-order valence-electron chi connectivity index (χ1n) is 9.15. The van der Waals surface area contributed by atoms with E-state index in [4.69, 9.17) is 11.2 Å². The van der Waals surface area contributed by atoms with Crippen molar-refractivity contribution in [2.75, 3.05) is 0 Å². The van der Waals surface area contributed by atoms with Gasteiger partial charge >= 0.3 is 0 Å². The van der Waals surface area contributed by atoms with Crippen molar-refractivity contribution in [1.82, 2.24) is 5.09 Å². The van der Waals surface area contributed by atoms with Gasteiger partial charge in [-0.2, -0.15) is 0 Å². The van der Waals surface area contributed by atoms with E-state index in [2.05, 4.69) is 85.7 Å². The Morgan fingerprint density at radius 1 is 0.731 bits per heavy atom. The summed E-state index contributed by atoms with van der Waals surface area (Å²) in [5.74, 6) is 0. The lowest BCUT2D eigenvalue weighted by Crippen LogP contribution is -2.01. The second-order valence-corrected chi connectivity index (χ2v) is 7.53. The molecule has 0 radical (unpaired) electrons. The molecule has 0 amide bonds. The molecule has 0 aliphatic heterocycles. The van der Waals surface area contributed by atoms with Crippen LogP contribution in [0.25, 0.3) is 22.3 Å². The van der Waals surface area contributed by atoms with Gasteiger partial charge in [0.2, 0.25) is 0 Å². The van der Waals surface area contributed by atoms with Crippen LogP contribution in [0.5, 0.6) is 0 Å². The number of nitrogens with one attached hydrogen (secondary N) is 1. The second-order valence-electron chi connectivity index (χ2n) is 6.42. The van der Waals surface area contributed by atoms with Gasteiger partial charge in [0.25, 0.3) is 0 Å². The maximum absolute atomic E-state index is 5.86. The number of hydrogen-bond donors (Lipinski definition) is 1. The monoisotopic (exact) mass is 381 g/mol. The minimum Gasteiger partial charge on any atom is -0.281 e. The van der Waals surface area contributed by atoms with E-state index in [-0.39, 0.29) is 8.08 Å². The molecular weight excluding hydrogens is 357 g/mol. The Hall–Kier alpha value is -1.66. The lowest BCUT2D eigenvalue weighted by Gasteiger charge is -2.13. The molecule has 0 saturated heterocycles. The van der Waals surface area contributed by atoms with Gasteiger partial charge < -0.3 is 0 Å². The summed E-state index contributed by atoms with van der Waals surface area (Å²) in [7, 11) is 0.226. The summed E-state index contributed by atoms with van der Waals surface area (Å²) in [4.78, 5) is 0. The zero-order valence-corrected chi connectivity index (χ0v) is 17.1. The zero-order valence-electron chi connectivity index (χ0n) is 15.4. The zero-order chi connectivity index (χ0) is 18.4. The Labute approximate surface area is 163 Å². The molecule has 3 rings (SSSR count). The van der Waals surface area contributed by atoms with Gasteiger partial charge in [-0.15, -0.1) is 0 Å². The standard InChI is InChI=1S/C23H25ClNP/c1-3-17-5-9-19(10-6-17)21-13-14-22(16-25-26-24)23(15-21)20-11-7-18(4-2)8-12-20/h5-15,25-26H,3-4,16H2,1-2H3. The van der Waals surface area contributed by atoms with Crippen LogP contribution < -0.4 is 5.09 Å². The quantitative estimate of drug-likeness (QED) is 0.435. The van der Waals surface area contributed by atoms with Crippen LogP contribution in [0.15, 0.2) is 66.7 Å². The predicted molar refractivity (Wildman–Crippen MR) is 117 cm³/mol. The van der Waals surface area contributed by atoms with Crippen LogP contribution in [-0.2, 0) is 19.4 Å². The number of hydrogen-bond acceptors (Lipinski definition) is 1. The van der Waals surface area contributed by atoms with Gasteiger partial charge in [-0.05, 0) is 57.9 Å². The summed E-state index contributed by atoms with van der Waals surface area (Å²) in [6, 6.07) is 24.5. The Morgan fingerprint density at radius 2 is 1.27 bits per heavy atom. The molecule has 134 valence electrons. The molecule has 3 aromatic carbocycles. The van der Waals surface area contributed by atoms with Crippen molar-refractivity contribution >= 4 is 19.3 Å². The molecule has 0 spiro atoms. The fraction of sp³-hybridized carbons (Fsp3) is 0.217. The lowest BCUT2D eigenvalue weighted by atomic mass is 9.93. The highest BCUT2D eigenvalue weighted by molar-refractivity contribution is 7.66. The molecule has 26 heavy (non-hydrogen) atoms. The van der Waals surface area contributed by atoms with E-state index in [1.807, 2.05) is 0 Å². The van der Waals surface area contributed by atoms with Crippen molar-refractivity contribution in [2.24, 2.45) is 0 Å². The van der Waals surface area contributed by atoms with E-state index < -0.39 is 0 Å². The van der Waals surface area contributed by atoms with Crippen molar-refractivity contribution in [3.63, 3.8) is 0 Å². The summed E-state index contributed by atoms with van der Waals surface area (Å²) in [6.07, 6.45) is 2.13. The highest BCUT2D eigenvalue weighted by Gasteiger charge is 2.08. The maximum atomic E-state index is 5.86. The van der Waals surface area contributed by atoms with Gasteiger partial charge in [0.1, 0.15) is 0 Å². The van der Waals surface area contributed by atoms with Gasteiger partial charge in [-0.3, -0.25) is 5.09 Å². The average molecular weight is 382 g/mol. The lowest BCUT2D eigenvalue weighted by molar-refractivity contribution is 0.978. The SMILES string of the molecule is CCc1ccc(-c2ccc(CNPCl)c(-c3ccc(CC)cc3)c2)cc1. The maximum Gasteiger partial charge on any atom is 0.0453 e. The molecule has 0 aliphatic carbocycles. The Balaban J connectivity index is 2.02. The molecule has 3 heteroatoms. The van der Waals surface area contributed by atoms with E-state index >= 15 is 0 Å². The van der Waals surface area contributed by atoms with Gasteiger partial charge in [0.15, 0.2) is 0 Å². The van der Waals surface area contributed by atoms with Crippen LogP contribution in [0.3, 0.4) is 0 Å². The molecule has 1 atom stereocenters. The first kappa shape index (κ1) is 19.1. The van der Waals surface area contributed by atoms with Crippen molar-refractivity contribution < 1.29 is 0 Å². The molecule has 0 fully saturated rings. The van der Waals surface area contributed by atoms with Crippen molar-refractivity contribution in [3.05, 3.63) is 83.4 Å². The highest BCUT2D eigenvalue weighted by atomic mass is 35.7. The van der Waals surface area contributed by atoms with E-state index in [0.29, 0.717) is 0 Å². The topological polar surface area (TPSA) is 12.0 Å². The Kier molecular flexibility index (Phi) is 6.86. The summed E-state index contributed by atoms with van der Waals surface area (Å²) in [6.45, 7) is 5.15. The normalized spacial score (nSPS) is 11.3. The van der Waals surface area contributed by atoms with Gasteiger partial charge in [0, 0.05) is 14.6 Å². The number of rotatable bonds is 7. The van der Waals surface area contributed by atoms with E-state index in [0.717, 1.165) is 19.4 Å². The van der Waals surface area contributed by atoms with Crippen LogP contribution in [-0.4, -0.2) is 0 Å². The smallest absolute Gasteiger partial charge is 0.0453 e. The number of aryl methyl sites for hydroxylation is 2. The largest absolute Gasteiger partial charge is 0.281 e. The number of benzene rings is 3. The van der Waals surface area contributed by atoms with Crippen molar-refractivity contribution in [3.8, 4) is 22.3 Å². The molecule has 0 aliphatic rings. The Bertz CT molecular complexity index is 841. The Morgan fingerprint density at radius 3 is 1.81 bits per heavy atom. The van der Waals surface area contributed by atoms with Crippen LogP contribution >= 0.6 is 19.3 Å². The van der Waals surface area contributed by atoms with Gasteiger partial charge in [-0.1, -0.05) is 85.8 Å². The molecular formula is C23H25ClNP. The molecule has 3 aromatic rings. The third-order valence-electron chi connectivity index (χ3n) is 4.82. The third kappa shape index (κ3) is 4.54. The minimum absolute atomic E-state index is 0.226. The molecule has 1 N–H and O–H groups in total. The second kappa shape index (κ2) is 9.33. The summed E-state index contributed by atoms with van der Waals surface area (Å²) >= 11 is 5.86. The number of halogens is 1. The van der Waals surface area contributed by atoms with Crippen molar-refractivity contribution in [1.29, 1.82) is 0 Å². The van der Waals surface area contributed by atoms with Crippen molar-refractivity contribution in [2.45, 2.75) is 33.2 Å².